The van der Waals surface area contributed by atoms with E-state index in [1.165, 1.54) is 35.3 Å². The summed E-state index contributed by atoms with van der Waals surface area (Å²) in [4.78, 5) is 2.38. The van der Waals surface area contributed by atoms with Crippen LogP contribution < -0.4 is 10.2 Å². The smallest absolute Gasteiger partial charge is 0.0471 e. The first-order valence-electron chi connectivity index (χ1n) is 7.49. The Balaban J connectivity index is 1.97. The molecule has 3 heteroatoms. The third kappa shape index (κ3) is 2.92. The lowest BCUT2D eigenvalue weighted by Gasteiger charge is -2.32. The number of halogens is 1. The topological polar surface area (TPSA) is 15.3 Å². The van der Waals surface area contributed by atoms with E-state index in [2.05, 4.69) is 53.5 Å². The van der Waals surface area contributed by atoms with E-state index in [-0.39, 0.29) is 0 Å². The molecule has 1 aliphatic heterocycles. The predicted octanol–water partition coefficient (Wildman–Crippen LogP) is 4.45. The number of nitrogens with zero attached hydrogens (tertiary/aromatic N) is 1. The molecule has 0 unspecified atom stereocenters. The highest BCUT2D eigenvalue weighted by atomic mass is 35.5. The highest BCUT2D eigenvalue weighted by molar-refractivity contribution is 6.31. The van der Waals surface area contributed by atoms with Crippen LogP contribution >= 0.6 is 11.6 Å². The summed E-state index contributed by atoms with van der Waals surface area (Å²) in [6.07, 6.45) is 2.35. The van der Waals surface area contributed by atoms with Crippen molar-refractivity contribution in [1.82, 2.24) is 5.32 Å². The Morgan fingerprint density at radius 1 is 1.19 bits per heavy atom. The number of benzene rings is 2. The van der Waals surface area contributed by atoms with Crippen LogP contribution in [0.25, 0.3) is 0 Å². The minimum atomic E-state index is 0.800. The first kappa shape index (κ1) is 14.4. The van der Waals surface area contributed by atoms with Gasteiger partial charge in [0.1, 0.15) is 0 Å². The molecule has 0 radical (unpaired) electrons. The number of fused-ring (bicyclic) bond motifs is 1. The lowest BCUT2D eigenvalue weighted by molar-refractivity contribution is 0.765. The summed E-state index contributed by atoms with van der Waals surface area (Å²) in [5.74, 6) is 0. The standard InChI is InChI=1S/C18H21ClN2/c1-13-5-8-18-14(10-13)4-3-9-21(18)16-7-6-15(12-20-2)17(19)11-16/h5-8,10-11,20H,3-4,9,12H2,1-2H3. The van der Waals surface area contributed by atoms with Gasteiger partial charge in [0.15, 0.2) is 0 Å². The van der Waals surface area contributed by atoms with Crippen molar-refractivity contribution in [2.24, 2.45) is 0 Å². The van der Waals surface area contributed by atoms with Crippen molar-refractivity contribution in [3.63, 3.8) is 0 Å². The van der Waals surface area contributed by atoms with Gasteiger partial charge in [0.05, 0.1) is 0 Å². The molecule has 0 aromatic heterocycles. The summed E-state index contributed by atoms with van der Waals surface area (Å²) in [6.45, 7) is 4.01. The van der Waals surface area contributed by atoms with Crippen molar-refractivity contribution in [3.05, 3.63) is 58.1 Å². The van der Waals surface area contributed by atoms with E-state index in [0.717, 1.165) is 23.7 Å². The summed E-state index contributed by atoms with van der Waals surface area (Å²) in [7, 11) is 1.94. The molecule has 0 aliphatic carbocycles. The number of anilines is 2. The van der Waals surface area contributed by atoms with Gasteiger partial charge in [-0.2, -0.15) is 0 Å². The Labute approximate surface area is 131 Å². The minimum Gasteiger partial charge on any atom is -0.341 e. The Bertz CT molecular complexity index is 652. The Hall–Kier alpha value is -1.51. The molecule has 0 saturated carbocycles. The number of hydrogen-bond acceptors (Lipinski definition) is 2. The van der Waals surface area contributed by atoms with Crippen LogP contribution in [0.3, 0.4) is 0 Å². The Kier molecular flexibility index (Phi) is 4.18. The normalized spacial score (nSPS) is 14.1. The quantitative estimate of drug-likeness (QED) is 0.901. The van der Waals surface area contributed by atoms with E-state index in [9.17, 15) is 0 Å². The summed E-state index contributed by atoms with van der Waals surface area (Å²) in [6, 6.07) is 13.1. The van der Waals surface area contributed by atoms with Crippen molar-refractivity contribution >= 4 is 23.0 Å². The molecule has 0 spiro atoms. The number of nitrogens with one attached hydrogen (secondary N) is 1. The summed E-state index contributed by atoms with van der Waals surface area (Å²) < 4.78 is 0. The van der Waals surface area contributed by atoms with Gasteiger partial charge in [-0.25, -0.2) is 0 Å². The highest BCUT2D eigenvalue weighted by Crippen LogP contribution is 2.35. The minimum absolute atomic E-state index is 0.800. The van der Waals surface area contributed by atoms with Crippen molar-refractivity contribution in [2.75, 3.05) is 18.5 Å². The SMILES string of the molecule is CNCc1ccc(N2CCCc3cc(C)ccc32)cc1Cl. The van der Waals surface area contributed by atoms with Crippen molar-refractivity contribution in [3.8, 4) is 0 Å². The molecule has 2 nitrogen and oxygen atoms in total. The molecule has 3 rings (SSSR count). The van der Waals surface area contributed by atoms with Crippen LogP contribution in [0, 0.1) is 6.92 Å². The fourth-order valence-corrected chi connectivity index (χ4v) is 3.27. The van der Waals surface area contributed by atoms with E-state index in [1.54, 1.807) is 0 Å². The average molecular weight is 301 g/mol. The molecule has 2 aromatic rings. The zero-order valence-corrected chi connectivity index (χ0v) is 13.4. The van der Waals surface area contributed by atoms with Crippen LogP contribution in [0.15, 0.2) is 36.4 Å². The highest BCUT2D eigenvalue weighted by Gasteiger charge is 2.18. The van der Waals surface area contributed by atoms with E-state index < -0.39 is 0 Å². The van der Waals surface area contributed by atoms with Crippen LogP contribution in [-0.2, 0) is 13.0 Å². The van der Waals surface area contributed by atoms with Crippen LogP contribution in [0.4, 0.5) is 11.4 Å². The second-order valence-corrected chi connectivity index (χ2v) is 6.10. The van der Waals surface area contributed by atoms with Crippen molar-refractivity contribution < 1.29 is 0 Å². The number of aryl methyl sites for hydroxylation is 2. The number of rotatable bonds is 3. The predicted molar refractivity (Wildman–Crippen MR) is 90.7 cm³/mol. The summed E-state index contributed by atoms with van der Waals surface area (Å²) in [5, 5.41) is 3.98. The van der Waals surface area contributed by atoms with Gasteiger partial charge < -0.3 is 10.2 Å². The van der Waals surface area contributed by atoms with Gasteiger partial charge in [0.2, 0.25) is 0 Å². The average Bonchev–Trinajstić information content (AvgIpc) is 2.48. The molecule has 110 valence electrons. The van der Waals surface area contributed by atoms with Crippen LogP contribution in [-0.4, -0.2) is 13.6 Å². The fraction of sp³-hybridized carbons (Fsp3) is 0.333. The second kappa shape index (κ2) is 6.08. The van der Waals surface area contributed by atoms with Gasteiger partial charge >= 0.3 is 0 Å². The molecule has 21 heavy (non-hydrogen) atoms. The summed E-state index contributed by atoms with van der Waals surface area (Å²) in [5.41, 5.74) is 6.42. The van der Waals surface area contributed by atoms with Crippen molar-refractivity contribution in [2.45, 2.75) is 26.3 Å². The first-order chi connectivity index (χ1) is 10.2. The number of hydrogen-bond donors (Lipinski definition) is 1. The van der Waals surface area contributed by atoms with E-state index >= 15 is 0 Å². The van der Waals surface area contributed by atoms with E-state index in [1.807, 2.05) is 7.05 Å². The first-order valence-corrected chi connectivity index (χ1v) is 7.87. The maximum absolute atomic E-state index is 6.41. The van der Waals surface area contributed by atoms with Crippen LogP contribution in [0.2, 0.25) is 5.02 Å². The van der Waals surface area contributed by atoms with Crippen LogP contribution in [0.1, 0.15) is 23.1 Å². The maximum atomic E-state index is 6.41. The molecular weight excluding hydrogens is 280 g/mol. The summed E-state index contributed by atoms with van der Waals surface area (Å²) >= 11 is 6.41. The Morgan fingerprint density at radius 3 is 2.81 bits per heavy atom. The molecule has 0 fully saturated rings. The maximum Gasteiger partial charge on any atom is 0.0471 e. The third-order valence-corrected chi connectivity index (χ3v) is 4.42. The zero-order valence-electron chi connectivity index (χ0n) is 12.6. The second-order valence-electron chi connectivity index (χ2n) is 5.69. The van der Waals surface area contributed by atoms with Crippen molar-refractivity contribution in [1.29, 1.82) is 0 Å². The molecule has 0 atom stereocenters. The lowest BCUT2D eigenvalue weighted by Crippen LogP contribution is -2.24. The molecule has 0 amide bonds. The molecule has 0 saturated heterocycles. The molecule has 0 bridgehead atoms. The van der Waals surface area contributed by atoms with Gasteiger partial charge in [-0.3, -0.25) is 0 Å². The van der Waals surface area contributed by atoms with Gasteiger partial charge in [0, 0.05) is 29.5 Å². The Morgan fingerprint density at radius 2 is 2.05 bits per heavy atom. The molecule has 1 heterocycles. The van der Waals surface area contributed by atoms with E-state index in [4.69, 9.17) is 11.6 Å². The third-order valence-electron chi connectivity index (χ3n) is 4.07. The molecule has 1 N–H and O–H groups in total. The zero-order chi connectivity index (χ0) is 14.8. The van der Waals surface area contributed by atoms with Gasteiger partial charge in [-0.1, -0.05) is 35.4 Å². The van der Waals surface area contributed by atoms with E-state index in [0.29, 0.717) is 0 Å². The molecule has 2 aromatic carbocycles. The monoisotopic (exact) mass is 300 g/mol. The van der Waals surface area contributed by atoms with Gasteiger partial charge in [-0.15, -0.1) is 0 Å². The molecular formula is C18H21ClN2. The lowest BCUT2D eigenvalue weighted by atomic mass is 9.99. The fourth-order valence-electron chi connectivity index (χ4n) is 3.03. The van der Waals surface area contributed by atoms with Gasteiger partial charge in [-0.05, 0) is 56.1 Å². The van der Waals surface area contributed by atoms with Crippen LogP contribution in [0.5, 0.6) is 0 Å². The van der Waals surface area contributed by atoms with Gasteiger partial charge in [0.25, 0.3) is 0 Å². The largest absolute Gasteiger partial charge is 0.341 e. The molecule has 1 aliphatic rings.